The standard InChI is InChI=1S/C31H23N3S/c1-2-12-22(13-3-1)33-26-17-7-5-15-24(26)32-31(33)23-14-4-6-16-25(23)34-27-18-8-10-20-29(27)35-30-21-11-9-19-28(30)34/h1-8,10-18,20-21H,9,19H2. The van der Waals surface area contributed by atoms with E-state index in [2.05, 4.69) is 125 Å². The number of hydrogen-bond acceptors (Lipinski definition) is 3. The summed E-state index contributed by atoms with van der Waals surface area (Å²) >= 11 is 1.88. The lowest BCUT2D eigenvalue weighted by Gasteiger charge is -2.36. The maximum atomic E-state index is 5.18. The first kappa shape index (κ1) is 20.4. The van der Waals surface area contributed by atoms with E-state index >= 15 is 0 Å². The number of nitrogens with zero attached hydrogens (tertiary/aromatic N) is 3. The zero-order chi connectivity index (χ0) is 23.2. The van der Waals surface area contributed by atoms with Crippen LogP contribution in [0.25, 0.3) is 28.1 Å². The lowest BCUT2D eigenvalue weighted by Crippen LogP contribution is -2.23. The third-order valence-corrected chi connectivity index (χ3v) is 7.82. The molecule has 0 unspecified atom stereocenters. The van der Waals surface area contributed by atoms with Gasteiger partial charge in [0.15, 0.2) is 0 Å². The van der Waals surface area contributed by atoms with Gasteiger partial charge in [-0.05, 0) is 61.4 Å². The van der Waals surface area contributed by atoms with Crippen molar-refractivity contribution in [1.29, 1.82) is 0 Å². The monoisotopic (exact) mass is 469 g/mol. The molecule has 1 aliphatic heterocycles. The second-order valence-electron chi connectivity index (χ2n) is 8.77. The number of benzene rings is 4. The molecule has 0 atom stereocenters. The topological polar surface area (TPSA) is 21.1 Å². The number of imidazole rings is 1. The summed E-state index contributed by atoms with van der Waals surface area (Å²) in [6.07, 6.45) is 6.66. The first-order chi connectivity index (χ1) is 17.4. The Hall–Kier alpha value is -4.02. The number of aromatic nitrogens is 2. The minimum absolute atomic E-state index is 0.956. The number of rotatable bonds is 3. The summed E-state index contributed by atoms with van der Waals surface area (Å²) in [5.74, 6) is 0.956. The van der Waals surface area contributed by atoms with Gasteiger partial charge in [-0.2, -0.15) is 0 Å². The van der Waals surface area contributed by atoms with Crippen LogP contribution in [-0.4, -0.2) is 9.55 Å². The number of fused-ring (bicyclic) bond motifs is 2. The van der Waals surface area contributed by atoms with Gasteiger partial charge in [-0.15, -0.1) is 0 Å². The van der Waals surface area contributed by atoms with Crippen molar-refractivity contribution in [3.8, 4) is 17.1 Å². The van der Waals surface area contributed by atoms with Crippen molar-refractivity contribution >= 4 is 34.2 Å². The second kappa shape index (κ2) is 8.33. The van der Waals surface area contributed by atoms with E-state index in [0.29, 0.717) is 0 Å². The van der Waals surface area contributed by atoms with Crippen molar-refractivity contribution in [3.63, 3.8) is 0 Å². The second-order valence-corrected chi connectivity index (χ2v) is 9.85. The zero-order valence-corrected chi connectivity index (χ0v) is 20.0. The minimum Gasteiger partial charge on any atom is -0.311 e. The molecule has 2 aliphatic rings. The van der Waals surface area contributed by atoms with Crippen LogP contribution in [0.1, 0.15) is 12.8 Å². The van der Waals surface area contributed by atoms with E-state index < -0.39 is 0 Å². The average Bonchev–Trinajstić information content (AvgIpc) is 3.32. The fourth-order valence-electron chi connectivity index (χ4n) is 5.11. The Bertz CT molecular complexity index is 1630. The van der Waals surface area contributed by atoms with Crippen molar-refractivity contribution < 1.29 is 0 Å². The molecule has 35 heavy (non-hydrogen) atoms. The van der Waals surface area contributed by atoms with Gasteiger partial charge in [-0.3, -0.25) is 4.57 Å². The molecular weight excluding hydrogens is 446 g/mol. The molecule has 7 rings (SSSR count). The average molecular weight is 470 g/mol. The van der Waals surface area contributed by atoms with Gasteiger partial charge >= 0.3 is 0 Å². The molecule has 168 valence electrons. The number of hydrogen-bond donors (Lipinski definition) is 0. The van der Waals surface area contributed by atoms with Gasteiger partial charge in [0.25, 0.3) is 0 Å². The summed E-state index contributed by atoms with van der Waals surface area (Å²) in [5, 5.41) is 0. The quantitative estimate of drug-likeness (QED) is 0.264. The number of para-hydroxylation sites is 5. The van der Waals surface area contributed by atoms with E-state index in [4.69, 9.17) is 4.98 Å². The van der Waals surface area contributed by atoms with E-state index in [1.165, 1.54) is 21.2 Å². The molecule has 0 saturated heterocycles. The number of anilines is 2. The normalized spacial score (nSPS) is 14.8. The van der Waals surface area contributed by atoms with Gasteiger partial charge in [-0.1, -0.05) is 78.5 Å². The first-order valence-electron chi connectivity index (χ1n) is 12.0. The molecule has 2 heterocycles. The Balaban J connectivity index is 1.51. The van der Waals surface area contributed by atoms with Crippen LogP contribution < -0.4 is 4.90 Å². The summed E-state index contributed by atoms with van der Waals surface area (Å²) in [5.41, 5.74) is 8.11. The molecule has 4 heteroatoms. The lowest BCUT2D eigenvalue weighted by molar-refractivity contribution is 0.903. The van der Waals surface area contributed by atoms with Gasteiger partial charge in [-0.25, -0.2) is 4.98 Å². The molecule has 0 spiro atoms. The summed E-state index contributed by atoms with van der Waals surface area (Å²) in [4.78, 5) is 10.3. The van der Waals surface area contributed by atoms with Crippen LogP contribution in [0.2, 0.25) is 0 Å². The van der Waals surface area contributed by atoms with Gasteiger partial charge < -0.3 is 4.90 Å². The Labute approximate surface area is 209 Å². The zero-order valence-electron chi connectivity index (χ0n) is 19.1. The van der Waals surface area contributed by atoms with Gasteiger partial charge in [0, 0.05) is 26.7 Å². The van der Waals surface area contributed by atoms with Crippen LogP contribution in [-0.2, 0) is 0 Å². The van der Waals surface area contributed by atoms with E-state index in [9.17, 15) is 0 Å². The highest BCUT2D eigenvalue weighted by molar-refractivity contribution is 8.03. The van der Waals surface area contributed by atoms with Crippen molar-refractivity contribution in [2.24, 2.45) is 0 Å². The van der Waals surface area contributed by atoms with Crippen LogP contribution in [0.15, 0.2) is 131 Å². The number of allylic oxidation sites excluding steroid dienone is 3. The molecule has 0 fully saturated rings. The Kier molecular flexibility index (Phi) is 4.85. The lowest BCUT2D eigenvalue weighted by atomic mass is 10.0. The highest BCUT2D eigenvalue weighted by atomic mass is 32.2. The summed E-state index contributed by atoms with van der Waals surface area (Å²) in [6.45, 7) is 0. The smallest absolute Gasteiger partial charge is 0.147 e. The van der Waals surface area contributed by atoms with Gasteiger partial charge in [0.05, 0.1) is 22.4 Å². The highest BCUT2D eigenvalue weighted by Crippen LogP contribution is 2.51. The maximum Gasteiger partial charge on any atom is 0.147 e. The highest BCUT2D eigenvalue weighted by Gasteiger charge is 2.29. The molecule has 0 bridgehead atoms. The van der Waals surface area contributed by atoms with Crippen molar-refractivity contribution in [3.05, 3.63) is 126 Å². The van der Waals surface area contributed by atoms with Gasteiger partial charge in [0.2, 0.25) is 0 Å². The molecule has 0 radical (unpaired) electrons. The summed E-state index contributed by atoms with van der Waals surface area (Å²) < 4.78 is 2.29. The fraction of sp³-hybridized carbons (Fsp3) is 0.0645. The fourth-order valence-corrected chi connectivity index (χ4v) is 6.24. The van der Waals surface area contributed by atoms with Crippen LogP contribution in [0, 0.1) is 0 Å². The van der Waals surface area contributed by atoms with E-state index in [1.807, 2.05) is 11.8 Å². The Morgan fingerprint density at radius 2 is 1.46 bits per heavy atom. The minimum atomic E-state index is 0.956. The SMILES string of the molecule is C1=CC2=C(CC1)N(c1ccccc1-c1nc3ccccc3n1-c1ccccc1)c1ccccc1S2. The van der Waals surface area contributed by atoms with Crippen molar-refractivity contribution in [2.75, 3.05) is 4.90 Å². The molecule has 1 aliphatic carbocycles. The number of thioether (sulfide) groups is 1. The summed E-state index contributed by atoms with van der Waals surface area (Å²) in [6, 6.07) is 36.4. The predicted molar refractivity (Wildman–Crippen MR) is 146 cm³/mol. The third kappa shape index (κ3) is 3.33. The maximum absolute atomic E-state index is 5.18. The molecule has 0 saturated carbocycles. The molecule has 0 N–H and O–H groups in total. The van der Waals surface area contributed by atoms with Crippen LogP contribution in [0.5, 0.6) is 0 Å². The predicted octanol–water partition coefficient (Wildman–Crippen LogP) is 8.50. The van der Waals surface area contributed by atoms with Crippen LogP contribution >= 0.6 is 11.8 Å². The largest absolute Gasteiger partial charge is 0.311 e. The van der Waals surface area contributed by atoms with E-state index in [-0.39, 0.29) is 0 Å². The van der Waals surface area contributed by atoms with Crippen LogP contribution in [0.4, 0.5) is 11.4 Å². The first-order valence-corrected chi connectivity index (χ1v) is 12.8. The molecule has 3 nitrogen and oxygen atoms in total. The van der Waals surface area contributed by atoms with E-state index in [1.54, 1.807) is 0 Å². The third-order valence-electron chi connectivity index (χ3n) is 6.66. The molecule has 1 aromatic heterocycles. The van der Waals surface area contributed by atoms with Crippen LogP contribution in [0.3, 0.4) is 0 Å². The van der Waals surface area contributed by atoms with Gasteiger partial charge in [0.1, 0.15) is 5.82 Å². The molecular formula is C31H23N3S. The van der Waals surface area contributed by atoms with Crippen molar-refractivity contribution in [1.82, 2.24) is 9.55 Å². The van der Waals surface area contributed by atoms with E-state index in [0.717, 1.165) is 46.6 Å². The Morgan fingerprint density at radius 3 is 2.37 bits per heavy atom. The summed E-state index contributed by atoms with van der Waals surface area (Å²) in [7, 11) is 0. The molecule has 4 aromatic carbocycles. The molecule has 0 amide bonds. The van der Waals surface area contributed by atoms with Crippen molar-refractivity contribution in [2.45, 2.75) is 17.7 Å². The molecule has 5 aromatic rings. The Morgan fingerprint density at radius 1 is 0.714 bits per heavy atom.